The van der Waals surface area contributed by atoms with Gasteiger partial charge in [0.25, 0.3) is 0 Å². The monoisotopic (exact) mass is 458 g/mol. The van der Waals surface area contributed by atoms with E-state index in [4.69, 9.17) is 14.2 Å². The molecule has 0 aliphatic carbocycles. The van der Waals surface area contributed by atoms with Crippen LogP contribution in [0, 0.1) is 11.8 Å². The van der Waals surface area contributed by atoms with E-state index in [9.17, 15) is 14.4 Å². The van der Waals surface area contributed by atoms with E-state index in [0.29, 0.717) is 38.7 Å². The second kappa shape index (κ2) is 17.2. The number of nitrogens with zero attached hydrogens (tertiary/aromatic N) is 2. The van der Waals surface area contributed by atoms with Crippen molar-refractivity contribution in [1.82, 2.24) is 9.80 Å². The van der Waals surface area contributed by atoms with Gasteiger partial charge in [-0.05, 0) is 20.9 Å². The van der Waals surface area contributed by atoms with Crippen molar-refractivity contribution < 1.29 is 28.6 Å². The van der Waals surface area contributed by atoms with Crippen LogP contribution in [-0.4, -0.2) is 99.6 Å². The number of amides is 1. The fourth-order valence-corrected chi connectivity index (χ4v) is 2.57. The fraction of sp³-hybridized carbons (Fsp3) is 0.875. The zero-order valence-corrected chi connectivity index (χ0v) is 21.5. The van der Waals surface area contributed by atoms with E-state index in [0.717, 1.165) is 6.54 Å². The van der Waals surface area contributed by atoms with Crippen LogP contribution < -0.4 is 0 Å². The molecule has 0 fully saturated rings. The Hall–Kier alpha value is -1.35. The Morgan fingerprint density at radius 3 is 1.59 bits per heavy atom. The second-order valence-electron chi connectivity index (χ2n) is 9.18. The molecule has 0 N–H and O–H groups in total. The van der Waals surface area contributed by atoms with Gasteiger partial charge in [-0.2, -0.15) is 0 Å². The SMILES string of the molecule is CC(C)C(=O)CCOCC(COCCC(=O)C(C)C)N(C)C(=O)COCCN(C)C(C)C. The van der Waals surface area contributed by atoms with Crippen LogP contribution in [0.5, 0.6) is 0 Å². The van der Waals surface area contributed by atoms with Crippen LogP contribution in [0.15, 0.2) is 0 Å². The van der Waals surface area contributed by atoms with Gasteiger partial charge < -0.3 is 24.0 Å². The zero-order valence-electron chi connectivity index (χ0n) is 21.5. The number of carbonyl (C=O) groups excluding carboxylic acids is 3. The van der Waals surface area contributed by atoms with E-state index in [-0.39, 0.29) is 55.2 Å². The van der Waals surface area contributed by atoms with E-state index >= 15 is 0 Å². The molecule has 0 radical (unpaired) electrons. The highest BCUT2D eigenvalue weighted by molar-refractivity contribution is 5.80. The summed E-state index contributed by atoms with van der Waals surface area (Å²) in [5.74, 6) is 0.0917. The summed E-state index contributed by atoms with van der Waals surface area (Å²) in [5.41, 5.74) is 0. The molecule has 0 heterocycles. The summed E-state index contributed by atoms with van der Waals surface area (Å²) in [7, 11) is 3.71. The van der Waals surface area contributed by atoms with Gasteiger partial charge in [0.05, 0.1) is 39.1 Å². The molecule has 0 aromatic carbocycles. The summed E-state index contributed by atoms with van der Waals surface area (Å²) in [5, 5.41) is 0. The lowest BCUT2D eigenvalue weighted by atomic mass is 10.1. The molecule has 0 atom stereocenters. The van der Waals surface area contributed by atoms with Crippen molar-refractivity contribution in [3.63, 3.8) is 0 Å². The van der Waals surface area contributed by atoms with E-state index in [1.165, 1.54) is 0 Å². The number of carbonyl (C=O) groups is 3. The van der Waals surface area contributed by atoms with Crippen molar-refractivity contribution in [2.45, 2.75) is 66.5 Å². The molecule has 0 rings (SSSR count). The molecule has 0 saturated heterocycles. The van der Waals surface area contributed by atoms with Crippen molar-refractivity contribution >= 4 is 17.5 Å². The first-order chi connectivity index (χ1) is 15.0. The number of ether oxygens (including phenoxy) is 3. The fourth-order valence-electron chi connectivity index (χ4n) is 2.57. The first kappa shape index (κ1) is 30.6. The van der Waals surface area contributed by atoms with Gasteiger partial charge in [0.15, 0.2) is 0 Å². The van der Waals surface area contributed by atoms with Gasteiger partial charge in [-0.15, -0.1) is 0 Å². The first-order valence-electron chi connectivity index (χ1n) is 11.7. The molecule has 188 valence electrons. The van der Waals surface area contributed by atoms with Crippen LogP contribution in [0.1, 0.15) is 54.4 Å². The second-order valence-corrected chi connectivity index (χ2v) is 9.18. The minimum absolute atomic E-state index is 0.0173. The summed E-state index contributed by atoms with van der Waals surface area (Å²) in [6, 6.07) is 0.0912. The predicted octanol–water partition coefficient (Wildman–Crippen LogP) is 2.43. The lowest BCUT2D eigenvalue weighted by molar-refractivity contribution is -0.140. The average Bonchev–Trinajstić information content (AvgIpc) is 2.73. The number of hydrogen-bond acceptors (Lipinski definition) is 7. The molecule has 0 aliphatic rings. The highest BCUT2D eigenvalue weighted by Gasteiger charge is 2.21. The van der Waals surface area contributed by atoms with Gasteiger partial charge in [-0.3, -0.25) is 14.4 Å². The smallest absolute Gasteiger partial charge is 0.248 e. The third-order valence-electron chi connectivity index (χ3n) is 5.53. The maximum atomic E-state index is 12.6. The minimum atomic E-state index is -0.326. The molecule has 0 aromatic rings. The normalized spacial score (nSPS) is 11.9. The molecule has 32 heavy (non-hydrogen) atoms. The van der Waals surface area contributed by atoms with E-state index in [2.05, 4.69) is 18.7 Å². The number of rotatable bonds is 19. The van der Waals surface area contributed by atoms with Crippen molar-refractivity contribution in [3.05, 3.63) is 0 Å². The Morgan fingerprint density at radius 1 is 0.719 bits per heavy atom. The lowest BCUT2D eigenvalue weighted by Gasteiger charge is -2.28. The molecule has 1 amide bonds. The predicted molar refractivity (Wildman–Crippen MR) is 126 cm³/mol. The molecule has 0 unspecified atom stereocenters. The maximum absolute atomic E-state index is 12.6. The number of Topliss-reactive ketones (excluding diaryl/α,β-unsaturated/α-hetero) is 2. The molecule has 0 aromatic heterocycles. The van der Waals surface area contributed by atoms with Crippen LogP contribution in [0.4, 0.5) is 0 Å². The standard InChI is InChI=1S/C24H46N2O6/c1-18(2)22(27)9-12-30-15-21(16-31-13-10-23(28)19(3)4)26(8)24(29)17-32-14-11-25(7)20(5)6/h18-21H,9-17H2,1-8H3. The molecule has 0 bridgehead atoms. The van der Waals surface area contributed by atoms with Crippen LogP contribution in [0.2, 0.25) is 0 Å². The number of hydrogen-bond donors (Lipinski definition) is 0. The maximum Gasteiger partial charge on any atom is 0.248 e. The highest BCUT2D eigenvalue weighted by Crippen LogP contribution is 2.05. The minimum Gasteiger partial charge on any atom is -0.379 e. The van der Waals surface area contributed by atoms with Crippen molar-refractivity contribution in [3.8, 4) is 0 Å². The summed E-state index contributed by atoms with van der Waals surface area (Å²) in [4.78, 5) is 39.9. The van der Waals surface area contributed by atoms with Crippen LogP contribution in [-0.2, 0) is 28.6 Å². The van der Waals surface area contributed by atoms with E-state index in [1.807, 2.05) is 34.7 Å². The quantitative estimate of drug-likeness (QED) is 0.275. The average molecular weight is 459 g/mol. The van der Waals surface area contributed by atoms with Gasteiger partial charge in [-0.25, -0.2) is 0 Å². The van der Waals surface area contributed by atoms with Crippen LogP contribution in [0.25, 0.3) is 0 Å². The Balaban J connectivity index is 4.61. The lowest BCUT2D eigenvalue weighted by Crippen LogP contribution is -2.45. The number of ketones is 2. The van der Waals surface area contributed by atoms with Crippen molar-refractivity contribution in [2.75, 3.05) is 60.3 Å². The van der Waals surface area contributed by atoms with Crippen molar-refractivity contribution in [1.29, 1.82) is 0 Å². The molecule has 0 saturated carbocycles. The van der Waals surface area contributed by atoms with Gasteiger partial charge in [0.1, 0.15) is 18.2 Å². The Morgan fingerprint density at radius 2 is 1.19 bits per heavy atom. The summed E-state index contributed by atoms with van der Waals surface area (Å²) < 4.78 is 16.9. The summed E-state index contributed by atoms with van der Waals surface area (Å²) in [6.45, 7) is 14.0. The van der Waals surface area contributed by atoms with Crippen LogP contribution >= 0.6 is 0 Å². The molecular weight excluding hydrogens is 412 g/mol. The van der Waals surface area contributed by atoms with Gasteiger partial charge in [-0.1, -0.05) is 27.7 Å². The molecule has 8 nitrogen and oxygen atoms in total. The Kier molecular flexibility index (Phi) is 16.4. The number of likely N-dealkylation sites (N-methyl/N-ethyl adjacent to an activating group) is 2. The van der Waals surface area contributed by atoms with E-state index < -0.39 is 0 Å². The van der Waals surface area contributed by atoms with E-state index in [1.54, 1.807) is 11.9 Å². The highest BCUT2D eigenvalue weighted by atomic mass is 16.5. The largest absolute Gasteiger partial charge is 0.379 e. The zero-order chi connectivity index (χ0) is 24.7. The molecule has 0 spiro atoms. The van der Waals surface area contributed by atoms with Gasteiger partial charge >= 0.3 is 0 Å². The summed E-state index contributed by atoms with van der Waals surface area (Å²) >= 11 is 0. The van der Waals surface area contributed by atoms with Gasteiger partial charge in [0, 0.05) is 44.3 Å². The van der Waals surface area contributed by atoms with Gasteiger partial charge in [0.2, 0.25) is 5.91 Å². The summed E-state index contributed by atoms with van der Waals surface area (Å²) in [6.07, 6.45) is 0.691. The third kappa shape index (κ3) is 13.9. The molecule has 8 heteroatoms. The molecule has 0 aliphatic heterocycles. The molecular formula is C24H46N2O6. The Bertz CT molecular complexity index is 523. The van der Waals surface area contributed by atoms with Crippen LogP contribution in [0.3, 0.4) is 0 Å². The van der Waals surface area contributed by atoms with Crippen molar-refractivity contribution in [2.24, 2.45) is 11.8 Å². The Labute approximate surface area is 194 Å². The topological polar surface area (TPSA) is 85.4 Å². The third-order valence-corrected chi connectivity index (χ3v) is 5.53. The first-order valence-corrected chi connectivity index (χ1v) is 11.7.